The molecule has 0 aliphatic carbocycles. The molecule has 21 heavy (non-hydrogen) atoms. The van der Waals surface area contributed by atoms with E-state index in [0.717, 1.165) is 15.7 Å². The van der Waals surface area contributed by atoms with Gasteiger partial charge in [-0.25, -0.2) is 0 Å². The number of aliphatic hydroxyl groups is 1. The lowest BCUT2D eigenvalue weighted by atomic mass is 10.2. The lowest BCUT2D eigenvalue weighted by molar-refractivity contribution is 0.0348. The van der Waals surface area contributed by atoms with Crippen molar-refractivity contribution >= 4 is 21.6 Å². The van der Waals surface area contributed by atoms with E-state index in [1.807, 2.05) is 55.5 Å². The maximum absolute atomic E-state index is 9.91. The van der Waals surface area contributed by atoms with Gasteiger partial charge in [0.05, 0.1) is 19.3 Å². The maximum atomic E-state index is 9.91. The van der Waals surface area contributed by atoms with Crippen LogP contribution in [0.25, 0.3) is 0 Å². The zero-order valence-electron chi connectivity index (χ0n) is 12.1. The number of hydrogen-bond donors (Lipinski definition) is 2. The van der Waals surface area contributed by atoms with Crippen molar-refractivity contribution in [3.8, 4) is 0 Å². The quantitative estimate of drug-likeness (QED) is 0.799. The topological polar surface area (TPSA) is 41.5 Å². The largest absolute Gasteiger partial charge is 0.389 e. The number of anilines is 1. The van der Waals surface area contributed by atoms with Gasteiger partial charge >= 0.3 is 0 Å². The molecule has 0 bridgehead atoms. The summed E-state index contributed by atoms with van der Waals surface area (Å²) in [5, 5.41) is 13.1. The van der Waals surface area contributed by atoms with Crippen LogP contribution in [0.4, 0.5) is 5.69 Å². The molecule has 3 nitrogen and oxygen atoms in total. The second-order valence-electron chi connectivity index (χ2n) is 5.00. The molecule has 0 spiro atoms. The molecule has 112 valence electrons. The minimum atomic E-state index is -0.534. The van der Waals surface area contributed by atoms with Crippen LogP contribution >= 0.6 is 15.9 Å². The first-order valence-electron chi connectivity index (χ1n) is 6.95. The molecule has 4 heteroatoms. The number of hydrogen-bond acceptors (Lipinski definition) is 3. The first-order chi connectivity index (χ1) is 10.1. The van der Waals surface area contributed by atoms with Crippen LogP contribution in [0.1, 0.15) is 11.1 Å². The third kappa shape index (κ3) is 5.50. The highest BCUT2D eigenvalue weighted by molar-refractivity contribution is 9.10. The van der Waals surface area contributed by atoms with Gasteiger partial charge in [0.15, 0.2) is 0 Å². The first kappa shape index (κ1) is 16.0. The smallest absolute Gasteiger partial charge is 0.0945 e. The molecule has 2 N–H and O–H groups in total. The molecule has 2 aromatic rings. The van der Waals surface area contributed by atoms with E-state index < -0.39 is 6.10 Å². The van der Waals surface area contributed by atoms with Crippen molar-refractivity contribution in [2.75, 3.05) is 18.5 Å². The van der Waals surface area contributed by atoms with E-state index in [1.165, 1.54) is 5.56 Å². The van der Waals surface area contributed by atoms with Gasteiger partial charge in [-0.05, 0) is 30.2 Å². The third-order valence-corrected chi connectivity index (χ3v) is 3.99. The minimum Gasteiger partial charge on any atom is -0.389 e. The highest BCUT2D eigenvalue weighted by atomic mass is 79.9. The fourth-order valence-corrected chi connectivity index (χ4v) is 2.26. The number of nitrogens with one attached hydrogen (secondary N) is 1. The van der Waals surface area contributed by atoms with E-state index in [9.17, 15) is 5.11 Å². The van der Waals surface area contributed by atoms with Gasteiger partial charge in [0.1, 0.15) is 0 Å². The van der Waals surface area contributed by atoms with E-state index in [4.69, 9.17) is 4.74 Å². The van der Waals surface area contributed by atoms with E-state index in [1.54, 1.807) is 0 Å². The molecule has 0 amide bonds. The Balaban J connectivity index is 1.69. The number of ether oxygens (including phenoxy) is 1. The standard InChI is InChI=1S/C17H20BrNO2/c1-13-7-8-15(9-17(13)18)19-10-16(20)12-21-11-14-5-3-2-4-6-14/h2-9,16,19-20H,10-12H2,1H3. The molecular weight excluding hydrogens is 330 g/mol. The zero-order chi connectivity index (χ0) is 15.1. The molecule has 0 aliphatic heterocycles. The normalized spacial score (nSPS) is 12.1. The summed E-state index contributed by atoms with van der Waals surface area (Å²) >= 11 is 3.49. The Labute approximate surface area is 134 Å². The predicted octanol–water partition coefficient (Wildman–Crippen LogP) is 3.75. The summed E-state index contributed by atoms with van der Waals surface area (Å²) in [6.07, 6.45) is -0.534. The Kier molecular flexibility index (Phi) is 6.23. The van der Waals surface area contributed by atoms with Gasteiger partial charge in [-0.2, -0.15) is 0 Å². The molecule has 0 aliphatic rings. The van der Waals surface area contributed by atoms with Gasteiger partial charge in [-0.1, -0.05) is 52.3 Å². The summed E-state index contributed by atoms with van der Waals surface area (Å²) in [5.41, 5.74) is 3.28. The average Bonchev–Trinajstić information content (AvgIpc) is 2.49. The number of benzene rings is 2. The molecule has 0 heterocycles. The van der Waals surface area contributed by atoms with Gasteiger partial charge in [0.25, 0.3) is 0 Å². The van der Waals surface area contributed by atoms with Gasteiger partial charge < -0.3 is 15.2 Å². The third-order valence-electron chi connectivity index (χ3n) is 3.14. The fraction of sp³-hybridized carbons (Fsp3) is 0.294. The molecule has 0 saturated carbocycles. The number of aliphatic hydroxyl groups excluding tert-OH is 1. The van der Waals surface area contributed by atoms with Crippen LogP contribution in [0.15, 0.2) is 53.0 Å². The van der Waals surface area contributed by atoms with E-state index in [0.29, 0.717) is 19.8 Å². The van der Waals surface area contributed by atoms with Crippen molar-refractivity contribution in [3.05, 3.63) is 64.1 Å². The van der Waals surface area contributed by atoms with Crippen molar-refractivity contribution in [2.45, 2.75) is 19.6 Å². The van der Waals surface area contributed by atoms with E-state index in [2.05, 4.69) is 21.2 Å². The van der Waals surface area contributed by atoms with Gasteiger partial charge in [0.2, 0.25) is 0 Å². The van der Waals surface area contributed by atoms with Crippen LogP contribution < -0.4 is 5.32 Å². The molecule has 0 radical (unpaired) electrons. The van der Waals surface area contributed by atoms with Crippen LogP contribution in [0.3, 0.4) is 0 Å². The monoisotopic (exact) mass is 349 g/mol. The van der Waals surface area contributed by atoms with Crippen LogP contribution in [-0.4, -0.2) is 24.4 Å². The fourth-order valence-electron chi connectivity index (χ4n) is 1.88. The summed E-state index contributed by atoms with van der Waals surface area (Å²) in [5.74, 6) is 0. The van der Waals surface area contributed by atoms with Crippen LogP contribution in [0.2, 0.25) is 0 Å². The lowest BCUT2D eigenvalue weighted by Gasteiger charge is -2.14. The Morgan fingerprint density at radius 1 is 1.19 bits per heavy atom. The summed E-state index contributed by atoms with van der Waals surface area (Å²) < 4.78 is 6.57. The Hall–Kier alpha value is -1.36. The van der Waals surface area contributed by atoms with E-state index in [-0.39, 0.29) is 0 Å². The highest BCUT2D eigenvalue weighted by Crippen LogP contribution is 2.20. The molecule has 1 atom stereocenters. The molecule has 2 aromatic carbocycles. The van der Waals surface area contributed by atoms with Crippen molar-refractivity contribution in [2.24, 2.45) is 0 Å². The van der Waals surface area contributed by atoms with Crippen molar-refractivity contribution < 1.29 is 9.84 Å². The molecule has 0 aromatic heterocycles. The van der Waals surface area contributed by atoms with Crippen LogP contribution in [0.5, 0.6) is 0 Å². The maximum Gasteiger partial charge on any atom is 0.0945 e. The molecule has 0 saturated heterocycles. The number of rotatable bonds is 7. The van der Waals surface area contributed by atoms with Crippen molar-refractivity contribution in [1.29, 1.82) is 0 Å². The van der Waals surface area contributed by atoms with Gasteiger partial charge in [-0.15, -0.1) is 0 Å². The summed E-state index contributed by atoms with van der Waals surface area (Å²) in [4.78, 5) is 0. The van der Waals surface area contributed by atoms with Crippen molar-refractivity contribution in [1.82, 2.24) is 0 Å². The average molecular weight is 350 g/mol. The predicted molar refractivity (Wildman–Crippen MR) is 89.5 cm³/mol. The van der Waals surface area contributed by atoms with E-state index >= 15 is 0 Å². The Bertz CT molecular complexity index is 560. The summed E-state index contributed by atoms with van der Waals surface area (Å²) in [6, 6.07) is 16.0. The number of aryl methyl sites for hydroxylation is 1. The second-order valence-corrected chi connectivity index (χ2v) is 5.85. The zero-order valence-corrected chi connectivity index (χ0v) is 13.6. The molecular formula is C17H20BrNO2. The number of halogens is 1. The van der Waals surface area contributed by atoms with Gasteiger partial charge in [-0.3, -0.25) is 0 Å². The van der Waals surface area contributed by atoms with Crippen LogP contribution in [-0.2, 0) is 11.3 Å². The Morgan fingerprint density at radius 3 is 2.67 bits per heavy atom. The summed E-state index contributed by atoms with van der Waals surface area (Å²) in [7, 11) is 0. The second kappa shape index (κ2) is 8.17. The molecule has 1 unspecified atom stereocenters. The SMILES string of the molecule is Cc1ccc(NCC(O)COCc2ccccc2)cc1Br. The lowest BCUT2D eigenvalue weighted by Crippen LogP contribution is -2.24. The minimum absolute atomic E-state index is 0.314. The van der Waals surface area contributed by atoms with Crippen molar-refractivity contribution in [3.63, 3.8) is 0 Å². The first-order valence-corrected chi connectivity index (χ1v) is 7.74. The Morgan fingerprint density at radius 2 is 1.95 bits per heavy atom. The summed E-state index contributed by atoms with van der Waals surface area (Å²) in [6.45, 7) is 3.34. The van der Waals surface area contributed by atoms with Crippen LogP contribution in [0, 0.1) is 6.92 Å². The molecule has 0 fully saturated rings. The molecule has 2 rings (SSSR count). The highest BCUT2D eigenvalue weighted by Gasteiger charge is 2.05. The van der Waals surface area contributed by atoms with Gasteiger partial charge in [0, 0.05) is 16.7 Å².